The maximum absolute atomic E-state index is 13.0. The zero-order chi connectivity index (χ0) is 11.5. The lowest BCUT2D eigenvalue weighted by Crippen LogP contribution is -2.24. The third-order valence-electron chi connectivity index (χ3n) is 2.89. The molecule has 84 valence electrons. The van der Waals surface area contributed by atoms with Crippen LogP contribution in [0.1, 0.15) is 24.4 Å². The first-order chi connectivity index (χ1) is 7.72. The molecule has 0 amide bonds. The number of nitriles is 1. The van der Waals surface area contributed by atoms with Crippen LogP contribution in [0.2, 0.25) is 5.02 Å². The lowest BCUT2D eigenvalue weighted by Gasteiger charge is -2.21. The van der Waals surface area contributed by atoms with Crippen LogP contribution in [0, 0.1) is 17.1 Å². The Bertz CT molecular complexity index is 422. The van der Waals surface area contributed by atoms with Gasteiger partial charge < -0.3 is 0 Å². The summed E-state index contributed by atoms with van der Waals surface area (Å²) in [4.78, 5) is 2.10. The molecule has 0 radical (unpaired) electrons. The molecule has 4 heteroatoms. The molecule has 16 heavy (non-hydrogen) atoms. The van der Waals surface area contributed by atoms with E-state index in [4.69, 9.17) is 11.6 Å². The number of rotatable bonds is 2. The van der Waals surface area contributed by atoms with Gasteiger partial charge in [0.2, 0.25) is 0 Å². The van der Waals surface area contributed by atoms with E-state index in [0.717, 1.165) is 31.5 Å². The van der Waals surface area contributed by atoms with Crippen LogP contribution in [-0.4, -0.2) is 18.0 Å². The summed E-state index contributed by atoms with van der Waals surface area (Å²) in [5.74, 6) is -0.441. The second-order valence-corrected chi connectivity index (χ2v) is 4.36. The van der Waals surface area contributed by atoms with Gasteiger partial charge in [-0.3, -0.25) is 4.90 Å². The van der Waals surface area contributed by atoms with Crippen LogP contribution in [0.3, 0.4) is 0 Å². The minimum atomic E-state index is -0.441. The molecule has 1 unspecified atom stereocenters. The highest BCUT2D eigenvalue weighted by Gasteiger charge is 2.23. The molecule has 0 saturated carbocycles. The normalized spacial score (nSPS) is 18.3. The van der Waals surface area contributed by atoms with E-state index in [2.05, 4.69) is 11.0 Å². The molecule has 1 aromatic rings. The summed E-state index contributed by atoms with van der Waals surface area (Å²) in [6.07, 6.45) is 2.24. The van der Waals surface area contributed by atoms with Gasteiger partial charge in [0.25, 0.3) is 0 Å². The van der Waals surface area contributed by atoms with Gasteiger partial charge in [-0.15, -0.1) is 0 Å². The number of hydrogen-bond acceptors (Lipinski definition) is 2. The van der Waals surface area contributed by atoms with Gasteiger partial charge >= 0.3 is 0 Å². The molecule has 0 aliphatic carbocycles. The van der Waals surface area contributed by atoms with Crippen LogP contribution in [-0.2, 0) is 0 Å². The molecule has 2 rings (SSSR count). The van der Waals surface area contributed by atoms with Crippen molar-refractivity contribution in [1.29, 1.82) is 5.26 Å². The average molecular weight is 239 g/mol. The molecule has 1 heterocycles. The zero-order valence-electron chi connectivity index (χ0n) is 8.79. The number of likely N-dealkylation sites (tertiary alicyclic amines) is 1. The highest BCUT2D eigenvalue weighted by atomic mass is 35.5. The quantitative estimate of drug-likeness (QED) is 0.792. The Kier molecular flexibility index (Phi) is 3.42. The Hall–Kier alpha value is -1.11. The standard InChI is InChI=1S/C12H12ClFN2/c13-10-7-9(3-4-11(10)14)12(8-15)16-5-1-2-6-16/h3-4,7,12H,1-2,5-6H2. The predicted octanol–water partition coefficient (Wildman–Crippen LogP) is 3.14. The van der Waals surface area contributed by atoms with E-state index < -0.39 is 5.82 Å². The monoisotopic (exact) mass is 238 g/mol. The SMILES string of the molecule is N#CC(c1ccc(F)c(Cl)c1)N1CCCC1. The van der Waals surface area contributed by atoms with Gasteiger partial charge in [-0.1, -0.05) is 17.7 Å². The summed E-state index contributed by atoms with van der Waals surface area (Å²) >= 11 is 5.72. The third-order valence-corrected chi connectivity index (χ3v) is 3.18. The molecule has 1 fully saturated rings. The summed E-state index contributed by atoms with van der Waals surface area (Å²) in [7, 11) is 0. The topological polar surface area (TPSA) is 27.0 Å². The Balaban J connectivity index is 2.26. The summed E-state index contributed by atoms with van der Waals surface area (Å²) in [6.45, 7) is 1.85. The lowest BCUT2D eigenvalue weighted by atomic mass is 10.1. The first kappa shape index (κ1) is 11.4. The van der Waals surface area contributed by atoms with Gasteiger partial charge in [-0.05, 0) is 43.6 Å². The van der Waals surface area contributed by atoms with E-state index in [1.165, 1.54) is 6.07 Å². The van der Waals surface area contributed by atoms with Crippen LogP contribution in [0.15, 0.2) is 18.2 Å². The first-order valence-electron chi connectivity index (χ1n) is 5.31. The number of hydrogen-bond donors (Lipinski definition) is 0. The van der Waals surface area contributed by atoms with Crippen LogP contribution >= 0.6 is 11.6 Å². The Morgan fingerprint density at radius 1 is 1.38 bits per heavy atom. The van der Waals surface area contributed by atoms with Crippen molar-refractivity contribution in [1.82, 2.24) is 4.90 Å². The van der Waals surface area contributed by atoms with Crippen molar-refractivity contribution >= 4 is 11.6 Å². The maximum atomic E-state index is 13.0. The van der Waals surface area contributed by atoms with Crippen molar-refractivity contribution in [3.05, 3.63) is 34.6 Å². The Morgan fingerprint density at radius 3 is 2.62 bits per heavy atom. The van der Waals surface area contributed by atoms with Crippen LogP contribution in [0.4, 0.5) is 4.39 Å². The van der Waals surface area contributed by atoms with E-state index in [1.54, 1.807) is 12.1 Å². The minimum Gasteiger partial charge on any atom is -0.284 e. The smallest absolute Gasteiger partial charge is 0.141 e. The van der Waals surface area contributed by atoms with Gasteiger partial charge in [-0.25, -0.2) is 4.39 Å². The molecule has 0 aromatic heterocycles. The second-order valence-electron chi connectivity index (χ2n) is 3.95. The highest BCUT2D eigenvalue weighted by Crippen LogP contribution is 2.27. The number of nitrogens with zero attached hydrogens (tertiary/aromatic N) is 2. The Labute approximate surface area is 99.2 Å². The molecule has 1 aliphatic heterocycles. The van der Waals surface area contributed by atoms with E-state index in [1.807, 2.05) is 0 Å². The third kappa shape index (κ3) is 2.18. The van der Waals surface area contributed by atoms with Gasteiger partial charge in [0, 0.05) is 0 Å². The average Bonchev–Trinajstić information content (AvgIpc) is 2.78. The number of benzene rings is 1. The summed E-state index contributed by atoms with van der Waals surface area (Å²) in [5.41, 5.74) is 0.774. The van der Waals surface area contributed by atoms with Gasteiger partial charge in [-0.2, -0.15) is 5.26 Å². The zero-order valence-corrected chi connectivity index (χ0v) is 9.54. The fourth-order valence-corrected chi connectivity index (χ4v) is 2.24. The minimum absolute atomic E-state index is 0.0805. The molecule has 0 N–H and O–H groups in total. The summed E-state index contributed by atoms with van der Waals surface area (Å²) in [6, 6.07) is 6.44. The van der Waals surface area contributed by atoms with Crippen molar-refractivity contribution < 1.29 is 4.39 Å². The molecule has 0 spiro atoms. The van der Waals surface area contributed by atoms with Gasteiger partial charge in [0.1, 0.15) is 11.9 Å². The fraction of sp³-hybridized carbons (Fsp3) is 0.417. The highest BCUT2D eigenvalue weighted by molar-refractivity contribution is 6.30. The van der Waals surface area contributed by atoms with E-state index in [-0.39, 0.29) is 11.1 Å². The van der Waals surface area contributed by atoms with Crippen LogP contribution in [0.25, 0.3) is 0 Å². The molecular weight excluding hydrogens is 227 g/mol. The van der Waals surface area contributed by atoms with Crippen LogP contribution in [0.5, 0.6) is 0 Å². The van der Waals surface area contributed by atoms with E-state index in [9.17, 15) is 9.65 Å². The Morgan fingerprint density at radius 2 is 2.06 bits per heavy atom. The van der Waals surface area contributed by atoms with Gasteiger partial charge in [0.15, 0.2) is 0 Å². The lowest BCUT2D eigenvalue weighted by molar-refractivity contribution is 0.294. The van der Waals surface area contributed by atoms with Crippen molar-refractivity contribution in [2.45, 2.75) is 18.9 Å². The molecule has 1 aliphatic rings. The molecular formula is C12H12ClFN2. The van der Waals surface area contributed by atoms with Crippen molar-refractivity contribution in [2.75, 3.05) is 13.1 Å². The largest absolute Gasteiger partial charge is 0.284 e. The molecule has 1 atom stereocenters. The molecule has 2 nitrogen and oxygen atoms in total. The number of halogens is 2. The molecule has 1 saturated heterocycles. The second kappa shape index (κ2) is 4.82. The van der Waals surface area contributed by atoms with Crippen molar-refractivity contribution in [2.24, 2.45) is 0 Å². The summed E-state index contributed by atoms with van der Waals surface area (Å²) in [5, 5.41) is 9.25. The molecule has 1 aromatic carbocycles. The summed E-state index contributed by atoms with van der Waals surface area (Å²) < 4.78 is 13.0. The molecule has 0 bridgehead atoms. The van der Waals surface area contributed by atoms with E-state index in [0.29, 0.717) is 0 Å². The van der Waals surface area contributed by atoms with Crippen LogP contribution < -0.4 is 0 Å². The van der Waals surface area contributed by atoms with E-state index >= 15 is 0 Å². The first-order valence-corrected chi connectivity index (χ1v) is 5.69. The maximum Gasteiger partial charge on any atom is 0.141 e. The van der Waals surface area contributed by atoms with Crippen molar-refractivity contribution in [3.8, 4) is 6.07 Å². The predicted molar refractivity (Wildman–Crippen MR) is 60.6 cm³/mol. The van der Waals surface area contributed by atoms with Crippen molar-refractivity contribution in [3.63, 3.8) is 0 Å². The fourth-order valence-electron chi connectivity index (χ4n) is 2.05. The van der Waals surface area contributed by atoms with Gasteiger partial charge in [0.05, 0.1) is 11.1 Å².